The first-order valence-corrected chi connectivity index (χ1v) is 5.76. The van der Waals surface area contributed by atoms with Crippen LogP contribution in [0.15, 0.2) is 18.2 Å². The standard InChI is InChI=1S/C12H12ClN3O2/c1-7-4-5-8(2)10(6-7)15-12(13)11(16(17)18)9(3)14-15/h4-6H,1-3H3. The van der Waals surface area contributed by atoms with E-state index in [9.17, 15) is 10.1 Å². The number of hydrogen-bond donors (Lipinski definition) is 0. The molecule has 1 aromatic carbocycles. The molecule has 0 aliphatic rings. The number of aromatic nitrogens is 2. The van der Waals surface area contributed by atoms with Gasteiger partial charge in [-0.2, -0.15) is 5.10 Å². The van der Waals surface area contributed by atoms with Crippen LogP contribution in [0.4, 0.5) is 5.69 Å². The van der Waals surface area contributed by atoms with E-state index in [0.29, 0.717) is 5.69 Å². The molecule has 2 aromatic rings. The van der Waals surface area contributed by atoms with Crippen molar-refractivity contribution in [1.82, 2.24) is 9.78 Å². The minimum absolute atomic E-state index is 0.0335. The van der Waals surface area contributed by atoms with Gasteiger partial charge in [0.1, 0.15) is 5.69 Å². The minimum Gasteiger partial charge on any atom is -0.258 e. The Balaban J connectivity index is 2.69. The second-order valence-electron chi connectivity index (χ2n) is 4.18. The van der Waals surface area contributed by atoms with Gasteiger partial charge in [0.2, 0.25) is 5.15 Å². The van der Waals surface area contributed by atoms with Crippen LogP contribution in [0.25, 0.3) is 5.69 Å². The Morgan fingerprint density at radius 3 is 2.56 bits per heavy atom. The van der Waals surface area contributed by atoms with Gasteiger partial charge in [0.15, 0.2) is 0 Å². The molecule has 1 aromatic heterocycles. The summed E-state index contributed by atoms with van der Waals surface area (Å²) >= 11 is 6.04. The van der Waals surface area contributed by atoms with Crippen LogP contribution in [0.3, 0.4) is 0 Å². The van der Waals surface area contributed by atoms with E-state index >= 15 is 0 Å². The highest BCUT2D eigenvalue weighted by atomic mass is 35.5. The molecular formula is C12H12ClN3O2. The zero-order chi connectivity index (χ0) is 13.4. The lowest BCUT2D eigenvalue weighted by atomic mass is 10.1. The Morgan fingerprint density at radius 1 is 1.33 bits per heavy atom. The summed E-state index contributed by atoms with van der Waals surface area (Å²) in [6, 6.07) is 5.80. The Bertz CT molecular complexity index is 634. The molecule has 94 valence electrons. The summed E-state index contributed by atoms with van der Waals surface area (Å²) in [5.74, 6) is 0. The molecule has 0 radical (unpaired) electrons. The van der Waals surface area contributed by atoms with Crippen molar-refractivity contribution >= 4 is 17.3 Å². The van der Waals surface area contributed by atoms with E-state index in [1.165, 1.54) is 4.68 Å². The van der Waals surface area contributed by atoms with Crippen LogP contribution in [0.5, 0.6) is 0 Å². The van der Waals surface area contributed by atoms with Gasteiger partial charge in [0.05, 0.1) is 10.6 Å². The SMILES string of the molecule is Cc1ccc(C)c(-n2nc(C)c([N+](=O)[O-])c2Cl)c1. The summed E-state index contributed by atoms with van der Waals surface area (Å²) in [5, 5.41) is 15.1. The maximum Gasteiger partial charge on any atom is 0.329 e. The summed E-state index contributed by atoms with van der Waals surface area (Å²) in [4.78, 5) is 10.4. The molecule has 0 aliphatic carbocycles. The van der Waals surface area contributed by atoms with Gasteiger partial charge >= 0.3 is 5.69 Å². The van der Waals surface area contributed by atoms with Gasteiger partial charge in [-0.05, 0) is 38.0 Å². The van der Waals surface area contributed by atoms with Gasteiger partial charge in [-0.25, -0.2) is 4.68 Å². The highest BCUT2D eigenvalue weighted by Gasteiger charge is 2.24. The van der Waals surface area contributed by atoms with Crippen LogP contribution < -0.4 is 0 Å². The zero-order valence-electron chi connectivity index (χ0n) is 10.3. The van der Waals surface area contributed by atoms with E-state index in [2.05, 4.69) is 5.10 Å². The molecule has 18 heavy (non-hydrogen) atoms. The van der Waals surface area contributed by atoms with E-state index in [1.807, 2.05) is 32.0 Å². The third-order valence-corrected chi connectivity index (χ3v) is 3.09. The predicted molar refractivity (Wildman–Crippen MR) is 69.4 cm³/mol. The van der Waals surface area contributed by atoms with Crippen molar-refractivity contribution in [3.05, 3.63) is 50.3 Å². The minimum atomic E-state index is -0.508. The normalized spacial score (nSPS) is 10.7. The number of aryl methyl sites for hydroxylation is 3. The fourth-order valence-corrected chi connectivity index (χ4v) is 2.14. The van der Waals surface area contributed by atoms with E-state index in [-0.39, 0.29) is 10.8 Å². The van der Waals surface area contributed by atoms with Crippen LogP contribution in [-0.4, -0.2) is 14.7 Å². The van der Waals surface area contributed by atoms with E-state index in [1.54, 1.807) is 6.92 Å². The molecule has 0 fully saturated rings. The Hall–Kier alpha value is -1.88. The average molecular weight is 266 g/mol. The van der Waals surface area contributed by atoms with Crippen molar-refractivity contribution in [2.75, 3.05) is 0 Å². The van der Waals surface area contributed by atoms with Gasteiger partial charge < -0.3 is 0 Å². The summed E-state index contributed by atoms with van der Waals surface area (Å²) < 4.78 is 1.41. The smallest absolute Gasteiger partial charge is 0.258 e. The molecule has 0 unspecified atom stereocenters. The molecule has 5 nitrogen and oxygen atoms in total. The van der Waals surface area contributed by atoms with Crippen molar-refractivity contribution in [3.63, 3.8) is 0 Å². The van der Waals surface area contributed by atoms with Crippen molar-refractivity contribution < 1.29 is 4.92 Å². The summed E-state index contributed by atoms with van der Waals surface area (Å²) in [6.07, 6.45) is 0. The fourth-order valence-electron chi connectivity index (χ4n) is 1.81. The zero-order valence-corrected chi connectivity index (χ0v) is 11.0. The summed E-state index contributed by atoms with van der Waals surface area (Å²) in [7, 11) is 0. The third kappa shape index (κ3) is 1.97. The molecular weight excluding hydrogens is 254 g/mol. The fraction of sp³-hybridized carbons (Fsp3) is 0.250. The van der Waals surface area contributed by atoms with E-state index < -0.39 is 4.92 Å². The molecule has 0 bridgehead atoms. The first-order chi connectivity index (χ1) is 8.41. The van der Waals surface area contributed by atoms with Crippen molar-refractivity contribution in [3.8, 4) is 5.69 Å². The van der Waals surface area contributed by atoms with Crippen molar-refractivity contribution in [1.29, 1.82) is 0 Å². The monoisotopic (exact) mass is 265 g/mol. The molecule has 0 N–H and O–H groups in total. The molecule has 0 saturated carbocycles. The van der Waals surface area contributed by atoms with Crippen LogP contribution in [0.1, 0.15) is 16.8 Å². The van der Waals surface area contributed by atoms with Crippen LogP contribution >= 0.6 is 11.6 Å². The lowest BCUT2D eigenvalue weighted by Crippen LogP contribution is -2.00. The van der Waals surface area contributed by atoms with Gasteiger partial charge in [-0.15, -0.1) is 0 Å². The lowest BCUT2D eigenvalue weighted by molar-refractivity contribution is -0.385. The second-order valence-corrected chi connectivity index (χ2v) is 4.54. The molecule has 0 saturated heterocycles. The van der Waals surface area contributed by atoms with Gasteiger partial charge in [-0.3, -0.25) is 10.1 Å². The maximum absolute atomic E-state index is 10.9. The first-order valence-electron chi connectivity index (χ1n) is 5.39. The van der Waals surface area contributed by atoms with Crippen LogP contribution in [0, 0.1) is 30.9 Å². The average Bonchev–Trinajstić information content (AvgIpc) is 2.57. The number of benzene rings is 1. The highest BCUT2D eigenvalue weighted by Crippen LogP contribution is 2.31. The van der Waals surface area contributed by atoms with Crippen LogP contribution in [0.2, 0.25) is 5.15 Å². The van der Waals surface area contributed by atoms with Gasteiger partial charge in [-0.1, -0.05) is 23.7 Å². The van der Waals surface area contributed by atoms with E-state index in [0.717, 1.165) is 16.8 Å². The Morgan fingerprint density at radius 2 is 2.00 bits per heavy atom. The van der Waals surface area contributed by atoms with Gasteiger partial charge in [0.25, 0.3) is 0 Å². The van der Waals surface area contributed by atoms with Gasteiger partial charge in [0, 0.05) is 0 Å². The number of hydrogen-bond acceptors (Lipinski definition) is 3. The topological polar surface area (TPSA) is 61.0 Å². The van der Waals surface area contributed by atoms with Crippen molar-refractivity contribution in [2.24, 2.45) is 0 Å². The number of nitro groups is 1. The largest absolute Gasteiger partial charge is 0.329 e. The Labute approximate surface area is 109 Å². The number of rotatable bonds is 2. The Kier molecular flexibility index (Phi) is 3.09. The lowest BCUT2D eigenvalue weighted by Gasteiger charge is -2.07. The molecule has 0 spiro atoms. The molecule has 0 atom stereocenters. The molecule has 2 rings (SSSR count). The molecule has 6 heteroatoms. The van der Waals surface area contributed by atoms with E-state index in [4.69, 9.17) is 11.6 Å². The number of halogens is 1. The first kappa shape index (κ1) is 12.6. The molecule has 0 amide bonds. The van der Waals surface area contributed by atoms with Crippen LogP contribution in [-0.2, 0) is 0 Å². The summed E-state index contributed by atoms with van der Waals surface area (Å²) in [5.41, 5.74) is 2.93. The predicted octanol–water partition coefficient (Wildman–Crippen LogP) is 3.36. The number of nitrogens with zero attached hydrogens (tertiary/aromatic N) is 3. The summed E-state index contributed by atoms with van der Waals surface area (Å²) in [6.45, 7) is 5.43. The quantitative estimate of drug-likeness (QED) is 0.618. The molecule has 1 heterocycles. The second kappa shape index (κ2) is 4.42. The highest BCUT2D eigenvalue weighted by molar-refractivity contribution is 6.32. The third-order valence-electron chi connectivity index (χ3n) is 2.75. The molecule has 0 aliphatic heterocycles. The van der Waals surface area contributed by atoms with Crippen molar-refractivity contribution in [2.45, 2.75) is 20.8 Å². The maximum atomic E-state index is 10.9.